The number of nitrogens with one attached hydrogen (secondary N) is 3. The number of carbonyl (C=O) groups excluding carboxylic acids is 1. The van der Waals surface area contributed by atoms with Crippen molar-refractivity contribution in [2.45, 2.75) is 46.6 Å². The van der Waals surface area contributed by atoms with Gasteiger partial charge in [0.2, 0.25) is 0 Å². The SMILES string of the molecule is CCNC(=NCCc1cn2cccc(C)c2n1)NCCNC(=O)OC(C)(C)C.I. The van der Waals surface area contributed by atoms with E-state index in [1.807, 2.05) is 50.6 Å². The van der Waals surface area contributed by atoms with E-state index in [-0.39, 0.29) is 24.0 Å². The molecule has 0 aliphatic heterocycles. The number of rotatable bonds is 7. The Balaban J connectivity index is 0.00000420. The van der Waals surface area contributed by atoms with Crippen LogP contribution in [0.5, 0.6) is 0 Å². The number of imidazole rings is 1. The third kappa shape index (κ3) is 8.88. The second-order valence-electron chi connectivity index (χ2n) is 7.52. The maximum Gasteiger partial charge on any atom is 0.407 e. The molecule has 0 saturated heterocycles. The van der Waals surface area contributed by atoms with Crippen LogP contribution in [-0.4, -0.2) is 53.2 Å². The summed E-state index contributed by atoms with van der Waals surface area (Å²) in [7, 11) is 0. The van der Waals surface area contributed by atoms with Gasteiger partial charge in [0.1, 0.15) is 11.2 Å². The highest BCUT2D eigenvalue weighted by Gasteiger charge is 2.15. The molecule has 2 rings (SSSR count). The summed E-state index contributed by atoms with van der Waals surface area (Å²) in [4.78, 5) is 20.9. The lowest BCUT2D eigenvalue weighted by atomic mass is 10.2. The van der Waals surface area contributed by atoms with Crippen LogP contribution in [0.15, 0.2) is 29.5 Å². The predicted octanol–water partition coefficient (Wildman–Crippen LogP) is 2.88. The van der Waals surface area contributed by atoms with Crippen LogP contribution in [0, 0.1) is 6.92 Å². The van der Waals surface area contributed by atoms with Gasteiger partial charge in [0.25, 0.3) is 0 Å². The smallest absolute Gasteiger partial charge is 0.407 e. The van der Waals surface area contributed by atoms with E-state index in [1.165, 1.54) is 0 Å². The molecule has 8 nitrogen and oxygen atoms in total. The van der Waals surface area contributed by atoms with Gasteiger partial charge in [-0.1, -0.05) is 6.07 Å². The van der Waals surface area contributed by atoms with E-state index >= 15 is 0 Å². The number of guanidine groups is 1. The third-order valence-corrected chi connectivity index (χ3v) is 3.80. The van der Waals surface area contributed by atoms with Gasteiger partial charge in [-0.05, 0) is 46.2 Å². The summed E-state index contributed by atoms with van der Waals surface area (Å²) in [6, 6.07) is 4.08. The molecule has 0 saturated carbocycles. The van der Waals surface area contributed by atoms with Crippen molar-refractivity contribution in [3.8, 4) is 0 Å². The lowest BCUT2D eigenvalue weighted by molar-refractivity contribution is 0.0529. The number of fused-ring (bicyclic) bond motifs is 1. The fraction of sp³-hybridized carbons (Fsp3) is 0.550. The average Bonchev–Trinajstić information content (AvgIpc) is 3.01. The Morgan fingerprint density at radius 1 is 1.24 bits per heavy atom. The third-order valence-electron chi connectivity index (χ3n) is 3.80. The predicted molar refractivity (Wildman–Crippen MR) is 127 cm³/mol. The quantitative estimate of drug-likeness (QED) is 0.228. The number of halogens is 1. The van der Waals surface area contributed by atoms with Gasteiger partial charge in [-0.25, -0.2) is 9.78 Å². The number of aliphatic imine (C=N–C) groups is 1. The van der Waals surface area contributed by atoms with Crippen LogP contribution in [0.1, 0.15) is 39.0 Å². The van der Waals surface area contributed by atoms with Crippen molar-refractivity contribution in [1.82, 2.24) is 25.3 Å². The van der Waals surface area contributed by atoms with Gasteiger partial charge in [0.15, 0.2) is 5.96 Å². The number of ether oxygens (including phenoxy) is 1. The van der Waals surface area contributed by atoms with Crippen molar-refractivity contribution in [3.63, 3.8) is 0 Å². The van der Waals surface area contributed by atoms with Crippen LogP contribution in [0.3, 0.4) is 0 Å². The summed E-state index contributed by atoms with van der Waals surface area (Å²) < 4.78 is 7.25. The second kappa shape index (κ2) is 11.8. The molecule has 2 aromatic heterocycles. The van der Waals surface area contributed by atoms with Crippen LogP contribution in [0.2, 0.25) is 0 Å². The Morgan fingerprint density at radius 3 is 2.62 bits per heavy atom. The van der Waals surface area contributed by atoms with Crippen LogP contribution in [0.25, 0.3) is 5.65 Å². The number of aromatic nitrogens is 2. The van der Waals surface area contributed by atoms with E-state index < -0.39 is 11.7 Å². The Hall–Kier alpha value is -2.04. The minimum absolute atomic E-state index is 0. The molecular formula is C20H33IN6O2. The topological polar surface area (TPSA) is 92.0 Å². The van der Waals surface area contributed by atoms with Gasteiger partial charge >= 0.3 is 6.09 Å². The molecule has 0 aliphatic rings. The molecule has 2 heterocycles. The van der Waals surface area contributed by atoms with E-state index in [4.69, 9.17) is 4.74 Å². The Labute approximate surface area is 189 Å². The standard InChI is InChI=1S/C20H32N6O2.HI/c1-6-21-18(23-11-12-24-19(27)28-20(3,4)5)22-10-9-16-14-26-13-7-8-15(2)17(26)25-16;/h7-8,13-14H,6,9-12H2,1-5H3,(H,24,27)(H2,21,22,23);1H. The number of amides is 1. The number of alkyl carbamates (subject to hydrolysis) is 1. The maximum absolute atomic E-state index is 11.6. The molecule has 0 aromatic carbocycles. The Morgan fingerprint density at radius 2 is 1.97 bits per heavy atom. The number of pyridine rings is 1. The van der Waals surface area contributed by atoms with E-state index in [9.17, 15) is 4.79 Å². The van der Waals surface area contributed by atoms with E-state index in [2.05, 4.69) is 38.9 Å². The molecule has 1 amide bonds. The minimum Gasteiger partial charge on any atom is -0.444 e. The van der Waals surface area contributed by atoms with Crippen LogP contribution in [0.4, 0.5) is 4.79 Å². The Kier molecular flexibility index (Phi) is 10.2. The molecule has 162 valence electrons. The molecule has 3 N–H and O–H groups in total. The van der Waals surface area contributed by atoms with E-state index in [0.717, 1.165) is 29.9 Å². The molecule has 0 spiro atoms. The Bertz CT molecular complexity index is 813. The van der Waals surface area contributed by atoms with Gasteiger partial charge in [-0.3, -0.25) is 4.99 Å². The zero-order valence-corrected chi connectivity index (χ0v) is 20.2. The molecule has 0 unspecified atom stereocenters. The lowest BCUT2D eigenvalue weighted by Crippen LogP contribution is -2.42. The van der Waals surface area contributed by atoms with Crippen LogP contribution in [-0.2, 0) is 11.2 Å². The average molecular weight is 516 g/mol. The molecule has 0 radical (unpaired) electrons. The first-order valence-electron chi connectivity index (χ1n) is 9.70. The molecular weight excluding hydrogens is 483 g/mol. The fourth-order valence-corrected chi connectivity index (χ4v) is 2.61. The van der Waals surface area contributed by atoms with Gasteiger partial charge < -0.3 is 25.1 Å². The molecule has 0 bridgehead atoms. The zero-order chi connectivity index (χ0) is 20.6. The second-order valence-corrected chi connectivity index (χ2v) is 7.52. The molecule has 0 atom stereocenters. The van der Waals surface area contributed by atoms with Crippen molar-refractivity contribution >= 4 is 41.7 Å². The highest BCUT2D eigenvalue weighted by atomic mass is 127. The monoisotopic (exact) mass is 516 g/mol. The molecule has 0 fully saturated rings. The van der Waals surface area contributed by atoms with Crippen LogP contribution >= 0.6 is 24.0 Å². The first-order valence-corrected chi connectivity index (χ1v) is 9.70. The highest BCUT2D eigenvalue weighted by molar-refractivity contribution is 14.0. The summed E-state index contributed by atoms with van der Waals surface area (Å²) in [6.45, 7) is 12.0. The van der Waals surface area contributed by atoms with Gasteiger partial charge in [-0.2, -0.15) is 0 Å². The number of hydrogen-bond donors (Lipinski definition) is 3. The van der Waals surface area contributed by atoms with Crippen molar-refractivity contribution in [2.24, 2.45) is 4.99 Å². The van der Waals surface area contributed by atoms with Crippen molar-refractivity contribution < 1.29 is 9.53 Å². The number of carbonyl (C=O) groups is 1. The summed E-state index contributed by atoms with van der Waals surface area (Å²) in [6.07, 6.45) is 4.39. The highest BCUT2D eigenvalue weighted by Crippen LogP contribution is 2.10. The summed E-state index contributed by atoms with van der Waals surface area (Å²) in [5.74, 6) is 0.716. The number of nitrogens with zero attached hydrogens (tertiary/aromatic N) is 3. The zero-order valence-electron chi connectivity index (χ0n) is 17.9. The number of hydrogen-bond acceptors (Lipinski definition) is 4. The minimum atomic E-state index is -0.496. The molecule has 2 aromatic rings. The number of aryl methyl sites for hydroxylation is 1. The summed E-state index contributed by atoms with van der Waals surface area (Å²) in [5.41, 5.74) is 2.66. The van der Waals surface area contributed by atoms with Crippen LogP contribution < -0.4 is 16.0 Å². The van der Waals surface area contributed by atoms with Gasteiger partial charge in [-0.15, -0.1) is 24.0 Å². The fourth-order valence-electron chi connectivity index (χ4n) is 2.61. The van der Waals surface area contributed by atoms with Crippen molar-refractivity contribution in [3.05, 3.63) is 35.8 Å². The van der Waals surface area contributed by atoms with Gasteiger partial charge in [0.05, 0.1) is 5.69 Å². The summed E-state index contributed by atoms with van der Waals surface area (Å²) in [5, 5.41) is 9.12. The summed E-state index contributed by atoms with van der Waals surface area (Å²) >= 11 is 0. The molecule has 29 heavy (non-hydrogen) atoms. The largest absolute Gasteiger partial charge is 0.444 e. The first kappa shape index (κ1) is 25.0. The first-order chi connectivity index (χ1) is 13.3. The van der Waals surface area contributed by atoms with Crippen molar-refractivity contribution in [1.29, 1.82) is 0 Å². The van der Waals surface area contributed by atoms with E-state index in [1.54, 1.807) is 0 Å². The van der Waals surface area contributed by atoms with Crippen molar-refractivity contribution in [2.75, 3.05) is 26.2 Å². The molecule has 9 heteroatoms. The molecule has 0 aliphatic carbocycles. The normalized spacial score (nSPS) is 11.7. The van der Waals surface area contributed by atoms with Gasteiger partial charge in [0, 0.05) is 45.0 Å². The van der Waals surface area contributed by atoms with E-state index in [0.29, 0.717) is 25.6 Å². The lowest BCUT2D eigenvalue weighted by Gasteiger charge is -2.19. The maximum atomic E-state index is 11.6.